The van der Waals surface area contributed by atoms with Gasteiger partial charge in [-0.15, -0.1) is 11.3 Å². The van der Waals surface area contributed by atoms with E-state index >= 15 is 0 Å². The Morgan fingerprint density at radius 1 is 1.43 bits per heavy atom. The van der Waals surface area contributed by atoms with Crippen LogP contribution in [-0.4, -0.2) is 37.0 Å². The van der Waals surface area contributed by atoms with E-state index in [2.05, 4.69) is 17.3 Å². The van der Waals surface area contributed by atoms with Crippen LogP contribution in [0.3, 0.4) is 0 Å². The summed E-state index contributed by atoms with van der Waals surface area (Å²) in [4.78, 5) is 15.4. The van der Waals surface area contributed by atoms with Gasteiger partial charge in [0.25, 0.3) is 5.91 Å². The molecule has 0 aliphatic carbocycles. The number of amides is 1. The molecule has 1 aromatic heterocycles. The Hall–Kier alpha value is -1.59. The maximum atomic E-state index is 12.3. The lowest BCUT2D eigenvalue weighted by atomic mass is 10.0. The van der Waals surface area contributed by atoms with Crippen LogP contribution in [0, 0.1) is 0 Å². The molecule has 2 aromatic rings. The van der Waals surface area contributed by atoms with E-state index in [1.165, 1.54) is 30.6 Å². The average Bonchev–Trinajstić information content (AvgIpc) is 2.89. The second-order valence-corrected chi connectivity index (χ2v) is 6.83. The number of rotatable bonds is 3. The number of nitrogens with one attached hydrogen (secondary N) is 1. The molecule has 1 aromatic carbocycles. The number of carbonyl (C=O) groups excluding carboxylic acids is 1. The number of anilines is 1. The summed E-state index contributed by atoms with van der Waals surface area (Å²) in [7, 11) is 2.14. The zero-order valence-electron chi connectivity index (χ0n) is 12.3. The predicted molar refractivity (Wildman–Crippen MR) is 88.8 cm³/mol. The van der Waals surface area contributed by atoms with Crippen LogP contribution < -0.4 is 11.1 Å². The second-order valence-electron chi connectivity index (χ2n) is 5.75. The van der Waals surface area contributed by atoms with Gasteiger partial charge in [0.2, 0.25) is 0 Å². The molecule has 4 nitrogen and oxygen atoms in total. The highest BCUT2D eigenvalue weighted by atomic mass is 32.1. The fourth-order valence-corrected chi connectivity index (χ4v) is 3.83. The molecule has 21 heavy (non-hydrogen) atoms. The topological polar surface area (TPSA) is 58.4 Å². The summed E-state index contributed by atoms with van der Waals surface area (Å²) in [5.74, 6) is 0.0220. The van der Waals surface area contributed by atoms with Gasteiger partial charge in [-0.3, -0.25) is 4.79 Å². The minimum atomic E-state index is 0.0220. The number of thiophene rings is 1. The zero-order chi connectivity index (χ0) is 14.8. The van der Waals surface area contributed by atoms with Crippen molar-refractivity contribution in [3.63, 3.8) is 0 Å². The SMILES string of the molecule is CN1CCCCC1CNC(=O)c1cc2cc(N)ccc2s1. The Morgan fingerprint density at radius 3 is 3.10 bits per heavy atom. The molecule has 1 unspecified atom stereocenters. The van der Waals surface area contributed by atoms with Crippen LogP contribution in [0.25, 0.3) is 10.1 Å². The molecule has 1 atom stereocenters. The number of nitrogen functional groups attached to an aromatic ring is 1. The summed E-state index contributed by atoms with van der Waals surface area (Å²) in [6.45, 7) is 1.86. The maximum Gasteiger partial charge on any atom is 0.261 e. The van der Waals surface area contributed by atoms with E-state index < -0.39 is 0 Å². The molecule has 2 heterocycles. The Kier molecular flexibility index (Phi) is 4.12. The van der Waals surface area contributed by atoms with Crippen LogP contribution in [0.1, 0.15) is 28.9 Å². The normalized spacial score (nSPS) is 19.8. The van der Waals surface area contributed by atoms with Crippen LogP contribution in [0.2, 0.25) is 0 Å². The summed E-state index contributed by atoms with van der Waals surface area (Å²) in [5, 5.41) is 4.11. The van der Waals surface area contributed by atoms with Gasteiger partial charge in [0, 0.05) is 23.0 Å². The number of fused-ring (bicyclic) bond motifs is 1. The van der Waals surface area contributed by atoms with Gasteiger partial charge in [0.1, 0.15) is 0 Å². The number of hydrogen-bond acceptors (Lipinski definition) is 4. The number of nitrogens with two attached hydrogens (primary N) is 1. The number of carbonyl (C=O) groups is 1. The summed E-state index contributed by atoms with van der Waals surface area (Å²) in [5.41, 5.74) is 6.51. The number of likely N-dealkylation sites (tertiary alicyclic amines) is 1. The number of likely N-dealkylation sites (N-methyl/N-ethyl adjacent to an activating group) is 1. The molecule has 0 radical (unpaired) electrons. The van der Waals surface area contributed by atoms with Crippen molar-refractivity contribution < 1.29 is 4.79 Å². The van der Waals surface area contributed by atoms with E-state index in [1.807, 2.05) is 24.3 Å². The van der Waals surface area contributed by atoms with Crippen molar-refractivity contribution in [2.75, 3.05) is 25.9 Å². The standard InChI is InChI=1S/C16H21N3OS/c1-19-7-3-2-4-13(19)10-18-16(20)15-9-11-8-12(17)5-6-14(11)21-15/h5-6,8-9,13H,2-4,7,10,17H2,1H3,(H,18,20). The fourth-order valence-electron chi connectivity index (χ4n) is 2.87. The van der Waals surface area contributed by atoms with Crippen molar-refractivity contribution in [1.82, 2.24) is 10.2 Å². The van der Waals surface area contributed by atoms with Gasteiger partial charge >= 0.3 is 0 Å². The molecule has 5 heteroatoms. The molecular weight excluding hydrogens is 282 g/mol. The van der Waals surface area contributed by atoms with Gasteiger partial charge < -0.3 is 16.0 Å². The number of piperidine rings is 1. The molecule has 1 aliphatic heterocycles. The lowest BCUT2D eigenvalue weighted by Crippen LogP contribution is -2.44. The van der Waals surface area contributed by atoms with Crippen molar-refractivity contribution in [3.05, 3.63) is 29.1 Å². The molecule has 0 spiro atoms. The minimum absolute atomic E-state index is 0.0220. The lowest BCUT2D eigenvalue weighted by molar-refractivity contribution is 0.0932. The van der Waals surface area contributed by atoms with Gasteiger partial charge in [0.05, 0.1) is 4.88 Å². The Morgan fingerprint density at radius 2 is 2.29 bits per heavy atom. The van der Waals surface area contributed by atoms with Crippen molar-refractivity contribution in [1.29, 1.82) is 0 Å². The van der Waals surface area contributed by atoms with Gasteiger partial charge in [-0.2, -0.15) is 0 Å². The van der Waals surface area contributed by atoms with Gasteiger partial charge in [-0.25, -0.2) is 0 Å². The first-order valence-corrected chi connectivity index (χ1v) is 8.22. The molecular formula is C16H21N3OS. The number of nitrogens with zero attached hydrogens (tertiary/aromatic N) is 1. The molecule has 1 fully saturated rings. The smallest absolute Gasteiger partial charge is 0.261 e. The summed E-state index contributed by atoms with van der Waals surface area (Å²) in [6, 6.07) is 8.15. The molecule has 1 aliphatic rings. The second kappa shape index (κ2) is 6.03. The Balaban J connectivity index is 1.66. The molecule has 3 N–H and O–H groups in total. The minimum Gasteiger partial charge on any atom is -0.399 e. The number of benzene rings is 1. The molecule has 1 amide bonds. The molecule has 112 valence electrons. The van der Waals surface area contributed by atoms with Crippen LogP contribution >= 0.6 is 11.3 Å². The molecule has 1 saturated heterocycles. The third kappa shape index (κ3) is 3.19. The van der Waals surface area contributed by atoms with Gasteiger partial charge in [-0.1, -0.05) is 6.42 Å². The zero-order valence-corrected chi connectivity index (χ0v) is 13.1. The fraction of sp³-hybridized carbons (Fsp3) is 0.438. The third-order valence-electron chi connectivity index (χ3n) is 4.18. The largest absolute Gasteiger partial charge is 0.399 e. The summed E-state index contributed by atoms with van der Waals surface area (Å²) >= 11 is 1.52. The Bertz CT molecular complexity index is 652. The van der Waals surface area contributed by atoms with Crippen LogP contribution in [-0.2, 0) is 0 Å². The van der Waals surface area contributed by atoms with E-state index in [0.29, 0.717) is 6.04 Å². The monoisotopic (exact) mass is 303 g/mol. The first-order chi connectivity index (χ1) is 10.1. The maximum absolute atomic E-state index is 12.3. The highest BCUT2D eigenvalue weighted by molar-refractivity contribution is 7.20. The van der Waals surface area contributed by atoms with Crippen molar-refractivity contribution in [2.45, 2.75) is 25.3 Å². The lowest BCUT2D eigenvalue weighted by Gasteiger charge is -2.32. The van der Waals surface area contributed by atoms with E-state index in [1.54, 1.807) is 0 Å². The van der Waals surface area contributed by atoms with Crippen molar-refractivity contribution >= 4 is 33.0 Å². The van der Waals surface area contributed by atoms with E-state index in [0.717, 1.165) is 33.7 Å². The highest BCUT2D eigenvalue weighted by Crippen LogP contribution is 2.27. The van der Waals surface area contributed by atoms with Gasteiger partial charge in [-0.05, 0) is 56.1 Å². The third-order valence-corrected chi connectivity index (χ3v) is 5.30. The summed E-state index contributed by atoms with van der Waals surface area (Å²) < 4.78 is 1.10. The predicted octanol–water partition coefficient (Wildman–Crippen LogP) is 2.70. The molecule has 0 bridgehead atoms. The highest BCUT2D eigenvalue weighted by Gasteiger charge is 2.20. The average molecular weight is 303 g/mol. The van der Waals surface area contributed by atoms with Crippen molar-refractivity contribution in [3.8, 4) is 0 Å². The van der Waals surface area contributed by atoms with Crippen LogP contribution in [0.5, 0.6) is 0 Å². The van der Waals surface area contributed by atoms with Crippen LogP contribution in [0.15, 0.2) is 24.3 Å². The van der Waals surface area contributed by atoms with Gasteiger partial charge in [0.15, 0.2) is 0 Å². The van der Waals surface area contributed by atoms with Crippen molar-refractivity contribution in [2.24, 2.45) is 0 Å². The van der Waals surface area contributed by atoms with E-state index in [-0.39, 0.29) is 5.91 Å². The molecule has 3 rings (SSSR count). The van der Waals surface area contributed by atoms with Crippen LogP contribution in [0.4, 0.5) is 5.69 Å². The molecule has 0 saturated carbocycles. The first kappa shape index (κ1) is 14.4. The quantitative estimate of drug-likeness (QED) is 0.857. The van der Waals surface area contributed by atoms with E-state index in [4.69, 9.17) is 5.73 Å². The van der Waals surface area contributed by atoms with E-state index in [9.17, 15) is 4.79 Å². The first-order valence-electron chi connectivity index (χ1n) is 7.41. The summed E-state index contributed by atoms with van der Waals surface area (Å²) in [6.07, 6.45) is 3.69. The number of hydrogen-bond donors (Lipinski definition) is 2. The Labute approximate surface area is 128 Å².